The molecule has 2 aromatic heterocycles. The number of aromatic nitrogens is 1. The van der Waals surface area contributed by atoms with Crippen LogP contribution >= 0.6 is 0 Å². The van der Waals surface area contributed by atoms with Crippen molar-refractivity contribution in [3.05, 3.63) is 77.8 Å². The summed E-state index contributed by atoms with van der Waals surface area (Å²) >= 11 is 0. The number of hydrogen-bond donors (Lipinski definition) is 2. The Morgan fingerprint density at radius 2 is 2.00 bits per heavy atom. The fraction of sp³-hybridized carbons (Fsp3) is 0. The third-order valence-corrected chi connectivity index (χ3v) is 3.28. The van der Waals surface area contributed by atoms with Gasteiger partial charge in [0.05, 0.1) is 11.8 Å². The van der Waals surface area contributed by atoms with Gasteiger partial charge in [0, 0.05) is 11.8 Å². The second kappa shape index (κ2) is 7.22. The van der Waals surface area contributed by atoms with E-state index in [9.17, 15) is 9.59 Å². The first-order valence-corrected chi connectivity index (χ1v) is 7.31. The van der Waals surface area contributed by atoms with Crippen molar-refractivity contribution in [2.75, 3.05) is 0 Å². The van der Waals surface area contributed by atoms with Gasteiger partial charge in [-0.15, -0.1) is 0 Å². The quantitative estimate of drug-likeness (QED) is 0.551. The van der Waals surface area contributed by atoms with E-state index in [1.54, 1.807) is 42.5 Å². The van der Waals surface area contributed by atoms with Crippen molar-refractivity contribution in [2.24, 2.45) is 5.10 Å². The highest BCUT2D eigenvalue weighted by atomic mass is 16.4. The van der Waals surface area contributed by atoms with Crippen molar-refractivity contribution in [3.63, 3.8) is 0 Å². The number of benzene rings is 1. The average Bonchev–Trinajstić information content (AvgIpc) is 3.11. The molecule has 3 aromatic rings. The molecule has 124 valence electrons. The monoisotopic (exact) mass is 335 g/mol. The number of hydrazone groups is 1. The Morgan fingerprint density at radius 3 is 2.76 bits per heavy atom. The van der Waals surface area contributed by atoms with Crippen LogP contribution in [0.3, 0.4) is 0 Å². The van der Waals surface area contributed by atoms with Crippen molar-refractivity contribution in [2.45, 2.75) is 0 Å². The van der Waals surface area contributed by atoms with Gasteiger partial charge < -0.3 is 9.52 Å². The van der Waals surface area contributed by atoms with Gasteiger partial charge in [0.15, 0.2) is 0 Å². The summed E-state index contributed by atoms with van der Waals surface area (Å²) < 4.78 is 5.58. The molecule has 7 nitrogen and oxygen atoms in total. The number of nitrogens with zero attached hydrogens (tertiary/aromatic N) is 2. The molecule has 0 unspecified atom stereocenters. The van der Waals surface area contributed by atoms with E-state index in [2.05, 4.69) is 15.5 Å². The topological polar surface area (TPSA) is 105 Å². The van der Waals surface area contributed by atoms with Crippen LogP contribution in [0.25, 0.3) is 11.3 Å². The Kier molecular flexibility index (Phi) is 4.66. The highest BCUT2D eigenvalue weighted by Gasteiger charge is 2.08. The van der Waals surface area contributed by atoms with E-state index in [1.807, 2.05) is 0 Å². The molecule has 0 radical (unpaired) electrons. The zero-order valence-corrected chi connectivity index (χ0v) is 12.9. The Bertz CT molecular complexity index is 932. The molecule has 0 saturated carbocycles. The number of pyridine rings is 1. The van der Waals surface area contributed by atoms with Gasteiger partial charge >= 0.3 is 5.97 Å². The molecule has 0 bridgehead atoms. The van der Waals surface area contributed by atoms with Gasteiger partial charge in [0.25, 0.3) is 5.91 Å². The molecule has 1 amide bonds. The third-order valence-electron chi connectivity index (χ3n) is 3.28. The summed E-state index contributed by atoms with van der Waals surface area (Å²) in [5.74, 6) is -0.525. The number of furan rings is 1. The summed E-state index contributed by atoms with van der Waals surface area (Å²) in [4.78, 5) is 26.7. The second-order valence-electron chi connectivity index (χ2n) is 5.00. The van der Waals surface area contributed by atoms with Crippen LogP contribution in [0, 0.1) is 0 Å². The van der Waals surface area contributed by atoms with Crippen LogP contribution < -0.4 is 5.43 Å². The van der Waals surface area contributed by atoms with Crippen LogP contribution in [0.1, 0.15) is 26.6 Å². The minimum absolute atomic E-state index is 0.173. The number of rotatable bonds is 5. The highest BCUT2D eigenvalue weighted by molar-refractivity contribution is 5.93. The van der Waals surface area contributed by atoms with Crippen molar-refractivity contribution in [1.29, 1.82) is 0 Å². The fourth-order valence-corrected chi connectivity index (χ4v) is 2.09. The molecule has 2 heterocycles. The molecule has 1 aromatic carbocycles. The maximum atomic E-state index is 11.8. The van der Waals surface area contributed by atoms with Crippen LogP contribution in [0.4, 0.5) is 0 Å². The normalized spacial score (nSPS) is 10.7. The van der Waals surface area contributed by atoms with Gasteiger partial charge in [-0.25, -0.2) is 10.2 Å². The lowest BCUT2D eigenvalue weighted by Gasteiger charge is -1.99. The average molecular weight is 335 g/mol. The van der Waals surface area contributed by atoms with E-state index < -0.39 is 11.9 Å². The standard InChI is InChI=1S/C18H13N3O4/c22-17(15-6-1-2-9-19-15)21-20-11-14-7-8-16(25-14)12-4-3-5-13(10-12)18(23)24/h1-11H,(H,21,22)(H,23,24)/b20-11-. The van der Waals surface area contributed by atoms with Crippen molar-refractivity contribution in [1.82, 2.24) is 10.4 Å². The lowest BCUT2D eigenvalue weighted by Crippen LogP contribution is -2.18. The number of nitrogens with one attached hydrogen (secondary N) is 1. The van der Waals surface area contributed by atoms with E-state index in [1.165, 1.54) is 24.5 Å². The Balaban J connectivity index is 1.68. The number of amides is 1. The number of hydrogen-bond acceptors (Lipinski definition) is 5. The number of carbonyl (C=O) groups is 2. The number of carboxylic acid groups (broad SMARTS) is 1. The maximum Gasteiger partial charge on any atom is 0.335 e. The first kappa shape index (κ1) is 16.1. The van der Waals surface area contributed by atoms with Crippen LogP contribution in [-0.4, -0.2) is 28.2 Å². The molecule has 25 heavy (non-hydrogen) atoms. The Labute approximate surface area is 142 Å². The smallest absolute Gasteiger partial charge is 0.335 e. The molecular weight excluding hydrogens is 322 g/mol. The molecule has 0 fully saturated rings. The van der Waals surface area contributed by atoms with Gasteiger partial charge in [0.1, 0.15) is 17.2 Å². The van der Waals surface area contributed by atoms with Crippen LogP contribution in [0.5, 0.6) is 0 Å². The highest BCUT2D eigenvalue weighted by Crippen LogP contribution is 2.22. The number of carbonyl (C=O) groups excluding carboxylic acids is 1. The SMILES string of the molecule is O=C(O)c1cccc(-c2ccc(/C=N\NC(=O)c3ccccn3)o2)c1. The second-order valence-corrected chi connectivity index (χ2v) is 5.00. The summed E-state index contributed by atoms with van der Waals surface area (Å²) in [5, 5.41) is 12.8. The molecule has 0 spiro atoms. The third kappa shape index (κ3) is 3.97. The van der Waals surface area contributed by atoms with Gasteiger partial charge in [0.2, 0.25) is 0 Å². The summed E-state index contributed by atoms with van der Waals surface area (Å²) in [5.41, 5.74) is 3.41. The Hall–Kier alpha value is -3.74. The molecule has 0 aliphatic heterocycles. The molecular formula is C18H13N3O4. The molecule has 0 saturated heterocycles. The van der Waals surface area contributed by atoms with E-state index in [-0.39, 0.29) is 11.3 Å². The van der Waals surface area contributed by atoms with Gasteiger partial charge in [-0.2, -0.15) is 5.10 Å². The summed E-state index contributed by atoms with van der Waals surface area (Å²) in [6, 6.07) is 14.8. The summed E-state index contributed by atoms with van der Waals surface area (Å²) in [6.07, 6.45) is 2.87. The van der Waals surface area contributed by atoms with Crippen molar-refractivity contribution in [3.8, 4) is 11.3 Å². The first-order valence-electron chi connectivity index (χ1n) is 7.31. The molecule has 0 aliphatic carbocycles. The van der Waals surface area contributed by atoms with Crippen molar-refractivity contribution < 1.29 is 19.1 Å². The van der Waals surface area contributed by atoms with Gasteiger partial charge in [-0.05, 0) is 36.4 Å². The Morgan fingerprint density at radius 1 is 1.12 bits per heavy atom. The van der Waals surface area contributed by atoms with Gasteiger partial charge in [-0.3, -0.25) is 9.78 Å². The molecule has 0 aliphatic rings. The number of carboxylic acids is 1. The molecule has 2 N–H and O–H groups in total. The molecule has 7 heteroatoms. The minimum atomic E-state index is -1.01. The lowest BCUT2D eigenvalue weighted by molar-refractivity contribution is 0.0696. The van der Waals surface area contributed by atoms with Crippen LogP contribution in [0.2, 0.25) is 0 Å². The predicted molar refractivity (Wildman–Crippen MR) is 90.4 cm³/mol. The van der Waals surface area contributed by atoms with Crippen LogP contribution in [0.15, 0.2) is 70.3 Å². The maximum absolute atomic E-state index is 11.8. The van der Waals surface area contributed by atoms with Gasteiger partial charge in [-0.1, -0.05) is 18.2 Å². The zero-order valence-electron chi connectivity index (χ0n) is 12.9. The largest absolute Gasteiger partial charge is 0.478 e. The number of aromatic carboxylic acids is 1. The summed E-state index contributed by atoms with van der Waals surface area (Å²) in [6.45, 7) is 0. The fourth-order valence-electron chi connectivity index (χ4n) is 2.09. The zero-order chi connectivity index (χ0) is 17.6. The lowest BCUT2D eigenvalue weighted by atomic mass is 10.1. The van der Waals surface area contributed by atoms with E-state index in [0.717, 1.165) is 0 Å². The van der Waals surface area contributed by atoms with E-state index in [0.29, 0.717) is 17.1 Å². The first-order chi connectivity index (χ1) is 12.1. The molecule has 3 rings (SSSR count). The minimum Gasteiger partial charge on any atom is -0.478 e. The summed E-state index contributed by atoms with van der Waals surface area (Å²) in [7, 11) is 0. The molecule has 0 atom stereocenters. The van der Waals surface area contributed by atoms with Crippen molar-refractivity contribution >= 4 is 18.1 Å². The van der Waals surface area contributed by atoms with E-state index in [4.69, 9.17) is 9.52 Å². The van der Waals surface area contributed by atoms with Crippen LogP contribution in [-0.2, 0) is 0 Å². The predicted octanol–water partition coefficient (Wildman–Crippen LogP) is 2.80. The van der Waals surface area contributed by atoms with E-state index >= 15 is 0 Å².